The van der Waals surface area contributed by atoms with Crippen LogP contribution in [-0.2, 0) is 4.79 Å². The van der Waals surface area contributed by atoms with Crippen molar-refractivity contribution in [2.24, 2.45) is 5.92 Å². The van der Waals surface area contributed by atoms with Gasteiger partial charge in [-0.05, 0) is 61.7 Å². The van der Waals surface area contributed by atoms with Crippen molar-refractivity contribution >= 4 is 35.0 Å². The first-order chi connectivity index (χ1) is 13.3. The van der Waals surface area contributed by atoms with Gasteiger partial charge in [0.1, 0.15) is 5.82 Å². The molecule has 1 aliphatic heterocycles. The van der Waals surface area contributed by atoms with Gasteiger partial charge in [0, 0.05) is 18.7 Å². The van der Waals surface area contributed by atoms with Crippen molar-refractivity contribution in [3.05, 3.63) is 69.5 Å². The molecule has 2 aromatic carbocycles. The van der Waals surface area contributed by atoms with Crippen LogP contribution in [0.15, 0.2) is 42.5 Å². The first-order valence-corrected chi connectivity index (χ1v) is 9.91. The molecule has 2 aromatic rings. The van der Waals surface area contributed by atoms with Gasteiger partial charge in [0.2, 0.25) is 5.91 Å². The molecule has 148 valence electrons. The third kappa shape index (κ3) is 4.83. The highest BCUT2D eigenvalue weighted by Crippen LogP contribution is 2.26. The number of piperidine rings is 1. The highest BCUT2D eigenvalue weighted by Gasteiger charge is 2.29. The van der Waals surface area contributed by atoms with Crippen molar-refractivity contribution in [2.75, 3.05) is 13.1 Å². The summed E-state index contributed by atoms with van der Waals surface area (Å²) in [5, 5.41) is 3.89. The van der Waals surface area contributed by atoms with Crippen LogP contribution in [0, 0.1) is 11.7 Å². The number of rotatable bonds is 4. The first kappa shape index (κ1) is 20.6. The van der Waals surface area contributed by atoms with Crippen molar-refractivity contribution < 1.29 is 14.0 Å². The zero-order valence-electron chi connectivity index (χ0n) is 15.4. The Morgan fingerprint density at radius 2 is 1.86 bits per heavy atom. The Balaban J connectivity index is 1.62. The number of benzene rings is 2. The molecule has 7 heteroatoms. The van der Waals surface area contributed by atoms with E-state index in [-0.39, 0.29) is 29.6 Å². The number of hydrogen-bond donors (Lipinski definition) is 1. The average molecular weight is 423 g/mol. The van der Waals surface area contributed by atoms with E-state index in [1.807, 2.05) is 13.0 Å². The van der Waals surface area contributed by atoms with E-state index in [2.05, 4.69) is 5.32 Å². The molecule has 3 rings (SSSR count). The van der Waals surface area contributed by atoms with Gasteiger partial charge in [-0.1, -0.05) is 29.3 Å². The molecule has 1 N–H and O–H groups in total. The molecule has 1 saturated heterocycles. The Bertz CT molecular complexity index is 873. The van der Waals surface area contributed by atoms with Gasteiger partial charge < -0.3 is 10.2 Å². The highest BCUT2D eigenvalue weighted by atomic mass is 35.5. The van der Waals surface area contributed by atoms with E-state index in [1.165, 1.54) is 24.3 Å². The summed E-state index contributed by atoms with van der Waals surface area (Å²) >= 11 is 12.0. The highest BCUT2D eigenvalue weighted by molar-refractivity contribution is 6.42. The second-order valence-electron chi connectivity index (χ2n) is 7.00. The van der Waals surface area contributed by atoms with E-state index < -0.39 is 0 Å². The molecular weight excluding hydrogens is 402 g/mol. The van der Waals surface area contributed by atoms with Gasteiger partial charge in [-0.3, -0.25) is 9.59 Å². The molecule has 2 atom stereocenters. The summed E-state index contributed by atoms with van der Waals surface area (Å²) in [5.74, 6) is -0.961. The Morgan fingerprint density at radius 3 is 2.54 bits per heavy atom. The van der Waals surface area contributed by atoms with Gasteiger partial charge in [-0.15, -0.1) is 0 Å². The van der Waals surface area contributed by atoms with Gasteiger partial charge in [-0.2, -0.15) is 0 Å². The topological polar surface area (TPSA) is 49.4 Å². The quantitative estimate of drug-likeness (QED) is 0.764. The van der Waals surface area contributed by atoms with Crippen LogP contribution in [0.5, 0.6) is 0 Å². The summed E-state index contributed by atoms with van der Waals surface area (Å²) in [6, 6.07) is 10.5. The van der Waals surface area contributed by atoms with Crippen LogP contribution in [0.2, 0.25) is 10.0 Å². The zero-order valence-corrected chi connectivity index (χ0v) is 16.9. The minimum Gasteiger partial charge on any atom is -0.349 e. The molecule has 0 aromatic heterocycles. The number of nitrogens with one attached hydrogen (secondary N) is 1. The predicted octanol–water partition coefficient (Wildman–Crippen LogP) is 4.86. The molecule has 2 unspecified atom stereocenters. The Labute approximate surface area is 173 Å². The van der Waals surface area contributed by atoms with Gasteiger partial charge >= 0.3 is 0 Å². The van der Waals surface area contributed by atoms with Crippen LogP contribution in [0.1, 0.15) is 41.7 Å². The number of likely N-dealkylation sites (tertiary alicyclic amines) is 1. The minimum atomic E-state index is -0.385. The minimum absolute atomic E-state index is 0.102. The van der Waals surface area contributed by atoms with E-state index in [0.29, 0.717) is 35.1 Å². The lowest BCUT2D eigenvalue weighted by molar-refractivity contribution is -0.127. The molecule has 0 radical (unpaired) electrons. The fraction of sp³-hybridized carbons (Fsp3) is 0.333. The van der Waals surface area contributed by atoms with Crippen molar-refractivity contribution in [1.82, 2.24) is 10.2 Å². The van der Waals surface area contributed by atoms with Crippen molar-refractivity contribution in [1.29, 1.82) is 0 Å². The Kier molecular flexibility index (Phi) is 6.57. The summed E-state index contributed by atoms with van der Waals surface area (Å²) in [4.78, 5) is 27.0. The SMILES string of the molecule is CC(NC(=O)C1CCCN(C(=O)c2ccc(F)cc2)C1)c1ccc(Cl)c(Cl)c1. The summed E-state index contributed by atoms with van der Waals surface area (Å²) in [7, 11) is 0. The summed E-state index contributed by atoms with van der Waals surface area (Å²) in [6.07, 6.45) is 1.46. The van der Waals surface area contributed by atoms with E-state index in [9.17, 15) is 14.0 Å². The Hall–Kier alpha value is -2.11. The normalized spacial score (nSPS) is 17.9. The molecule has 0 saturated carbocycles. The lowest BCUT2D eigenvalue weighted by Gasteiger charge is -2.32. The largest absolute Gasteiger partial charge is 0.349 e. The number of nitrogens with zero attached hydrogens (tertiary/aromatic N) is 1. The van der Waals surface area contributed by atoms with Gasteiger partial charge in [0.05, 0.1) is 22.0 Å². The number of hydrogen-bond acceptors (Lipinski definition) is 2. The summed E-state index contributed by atoms with van der Waals surface area (Å²) in [6.45, 7) is 2.81. The maximum Gasteiger partial charge on any atom is 0.253 e. The molecule has 4 nitrogen and oxygen atoms in total. The van der Waals surface area contributed by atoms with Crippen molar-refractivity contribution in [3.8, 4) is 0 Å². The fourth-order valence-corrected chi connectivity index (χ4v) is 3.65. The maximum absolute atomic E-state index is 13.1. The van der Waals surface area contributed by atoms with Crippen LogP contribution >= 0.6 is 23.2 Å². The van der Waals surface area contributed by atoms with Crippen molar-refractivity contribution in [2.45, 2.75) is 25.8 Å². The lowest BCUT2D eigenvalue weighted by atomic mass is 9.95. The smallest absolute Gasteiger partial charge is 0.253 e. The number of amides is 2. The molecule has 28 heavy (non-hydrogen) atoms. The fourth-order valence-electron chi connectivity index (χ4n) is 3.35. The van der Waals surface area contributed by atoms with Crippen molar-refractivity contribution in [3.63, 3.8) is 0 Å². The van der Waals surface area contributed by atoms with Gasteiger partial charge in [0.15, 0.2) is 0 Å². The van der Waals surface area contributed by atoms with Crippen LogP contribution in [0.25, 0.3) is 0 Å². The van der Waals surface area contributed by atoms with Crippen LogP contribution in [-0.4, -0.2) is 29.8 Å². The third-order valence-electron chi connectivity index (χ3n) is 4.97. The summed E-state index contributed by atoms with van der Waals surface area (Å²) in [5.41, 5.74) is 1.28. The number of halogens is 3. The van der Waals surface area contributed by atoms with E-state index in [0.717, 1.165) is 12.0 Å². The first-order valence-electron chi connectivity index (χ1n) is 9.15. The van der Waals surface area contributed by atoms with Gasteiger partial charge in [-0.25, -0.2) is 4.39 Å². The predicted molar refractivity (Wildman–Crippen MR) is 108 cm³/mol. The Morgan fingerprint density at radius 1 is 1.14 bits per heavy atom. The number of carbonyl (C=O) groups excluding carboxylic acids is 2. The van der Waals surface area contributed by atoms with E-state index >= 15 is 0 Å². The third-order valence-corrected chi connectivity index (χ3v) is 5.71. The monoisotopic (exact) mass is 422 g/mol. The van der Waals surface area contributed by atoms with Crippen LogP contribution in [0.3, 0.4) is 0 Å². The molecule has 0 aliphatic carbocycles. The molecule has 2 amide bonds. The van der Waals surface area contributed by atoms with E-state index in [1.54, 1.807) is 17.0 Å². The van der Waals surface area contributed by atoms with Gasteiger partial charge in [0.25, 0.3) is 5.91 Å². The standard InChI is InChI=1S/C21H21Cl2FN2O2/c1-13(15-6-9-18(22)19(23)11-15)25-20(27)16-3-2-10-26(12-16)21(28)14-4-7-17(24)8-5-14/h4-9,11,13,16H,2-3,10,12H2,1H3,(H,25,27). The molecule has 0 bridgehead atoms. The zero-order chi connectivity index (χ0) is 20.3. The molecule has 1 heterocycles. The molecule has 1 fully saturated rings. The molecule has 1 aliphatic rings. The molecule has 0 spiro atoms. The van der Waals surface area contributed by atoms with E-state index in [4.69, 9.17) is 23.2 Å². The summed E-state index contributed by atoms with van der Waals surface area (Å²) < 4.78 is 13.1. The lowest BCUT2D eigenvalue weighted by Crippen LogP contribution is -2.45. The van der Waals surface area contributed by atoms with Crippen LogP contribution in [0.4, 0.5) is 4.39 Å². The molecular formula is C21H21Cl2FN2O2. The maximum atomic E-state index is 13.1. The average Bonchev–Trinajstić information content (AvgIpc) is 2.70. The second kappa shape index (κ2) is 8.93. The number of carbonyl (C=O) groups is 2. The second-order valence-corrected chi connectivity index (χ2v) is 7.82. The van der Waals surface area contributed by atoms with Crippen LogP contribution < -0.4 is 5.32 Å².